The number of nitrogens with zero attached hydrogens (tertiary/aromatic N) is 3. The number of hydrogen-bond donors (Lipinski definition) is 1. The zero-order valence-corrected chi connectivity index (χ0v) is 12.2. The van der Waals surface area contributed by atoms with Gasteiger partial charge in [0.15, 0.2) is 0 Å². The van der Waals surface area contributed by atoms with Crippen molar-refractivity contribution in [3.05, 3.63) is 53.7 Å². The zero-order chi connectivity index (χ0) is 14.7. The lowest BCUT2D eigenvalue weighted by Crippen LogP contribution is -2.27. The molecule has 1 aromatic heterocycles. The first-order chi connectivity index (χ1) is 10.2. The smallest absolute Gasteiger partial charge is 0.222 e. The molecule has 2 N–H and O–H groups in total. The van der Waals surface area contributed by atoms with E-state index in [9.17, 15) is 0 Å². The Kier molecular flexibility index (Phi) is 3.86. The van der Waals surface area contributed by atoms with E-state index in [2.05, 4.69) is 39.2 Å². The van der Waals surface area contributed by atoms with Crippen LogP contribution in [0.15, 0.2) is 42.5 Å². The van der Waals surface area contributed by atoms with Gasteiger partial charge >= 0.3 is 0 Å². The molecule has 1 saturated carbocycles. The number of rotatable bonds is 5. The van der Waals surface area contributed by atoms with Gasteiger partial charge in [0.25, 0.3) is 0 Å². The highest BCUT2D eigenvalue weighted by Gasteiger charge is 2.29. The standard InChI is InChI=1S/C17H20N4/c1-13-12-16(20-17(18)19-13)21(15-9-10-15)11-5-8-14-6-3-2-4-7-14/h2-8,12,15H,9-11H2,1H3,(H2,18,19,20). The van der Waals surface area contributed by atoms with Crippen LogP contribution in [0.5, 0.6) is 0 Å². The molecule has 108 valence electrons. The molecule has 3 rings (SSSR count). The molecule has 0 amide bonds. The van der Waals surface area contributed by atoms with Crippen molar-refractivity contribution in [1.82, 2.24) is 9.97 Å². The van der Waals surface area contributed by atoms with Crippen molar-refractivity contribution in [2.45, 2.75) is 25.8 Å². The van der Waals surface area contributed by atoms with Gasteiger partial charge in [0.1, 0.15) is 5.82 Å². The lowest BCUT2D eigenvalue weighted by Gasteiger charge is -2.22. The molecular weight excluding hydrogens is 260 g/mol. The summed E-state index contributed by atoms with van der Waals surface area (Å²) in [5.74, 6) is 1.28. The second kappa shape index (κ2) is 5.95. The van der Waals surface area contributed by atoms with Crippen LogP contribution in [0.3, 0.4) is 0 Å². The maximum atomic E-state index is 5.77. The Labute approximate surface area is 125 Å². The zero-order valence-electron chi connectivity index (χ0n) is 12.2. The summed E-state index contributed by atoms with van der Waals surface area (Å²) in [4.78, 5) is 10.8. The van der Waals surface area contributed by atoms with Crippen molar-refractivity contribution in [2.24, 2.45) is 0 Å². The van der Waals surface area contributed by atoms with Crippen LogP contribution in [0.25, 0.3) is 6.08 Å². The molecule has 0 aliphatic heterocycles. The van der Waals surface area contributed by atoms with Crippen LogP contribution in [0.4, 0.5) is 11.8 Å². The Morgan fingerprint density at radius 1 is 1.24 bits per heavy atom. The van der Waals surface area contributed by atoms with E-state index in [4.69, 9.17) is 5.73 Å². The minimum absolute atomic E-state index is 0.350. The number of aromatic nitrogens is 2. The Morgan fingerprint density at radius 3 is 2.67 bits per heavy atom. The second-order valence-electron chi connectivity index (χ2n) is 5.42. The van der Waals surface area contributed by atoms with Gasteiger partial charge in [-0.1, -0.05) is 42.5 Å². The second-order valence-corrected chi connectivity index (χ2v) is 5.42. The highest BCUT2D eigenvalue weighted by molar-refractivity contribution is 5.52. The third-order valence-electron chi connectivity index (χ3n) is 3.55. The SMILES string of the molecule is Cc1cc(N(CC=Cc2ccccc2)C2CC2)nc(N)n1. The largest absolute Gasteiger partial charge is 0.368 e. The number of benzene rings is 1. The van der Waals surface area contributed by atoms with Crippen LogP contribution < -0.4 is 10.6 Å². The minimum Gasteiger partial charge on any atom is -0.368 e. The summed E-state index contributed by atoms with van der Waals surface area (Å²) >= 11 is 0. The molecule has 0 spiro atoms. The molecule has 2 aromatic rings. The Hall–Kier alpha value is -2.36. The first-order valence-electron chi connectivity index (χ1n) is 7.32. The van der Waals surface area contributed by atoms with Crippen molar-refractivity contribution in [3.8, 4) is 0 Å². The first kappa shape index (κ1) is 13.6. The highest BCUT2D eigenvalue weighted by Crippen LogP contribution is 2.31. The van der Waals surface area contributed by atoms with Gasteiger partial charge in [0, 0.05) is 24.3 Å². The molecule has 1 fully saturated rings. The van der Waals surface area contributed by atoms with Gasteiger partial charge in [-0.3, -0.25) is 0 Å². The van der Waals surface area contributed by atoms with E-state index < -0.39 is 0 Å². The fourth-order valence-corrected chi connectivity index (χ4v) is 2.40. The van der Waals surface area contributed by atoms with Gasteiger partial charge in [0.2, 0.25) is 5.95 Å². The molecule has 4 heteroatoms. The summed E-state index contributed by atoms with van der Waals surface area (Å²) in [6.07, 6.45) is 6.78. The van der Waals surface area contributed by atoms with Crippen molar-refractivity contribution >= 4 is 17.8 Å². The minimum atomic E-state index is 0.350. The van der Waals surface area contributed by atoms with Crippen LogP contribution in [0, 0.1) is 6.92 Å². The van der Waals surface area contributed by atoms with E-state index in [0.717, 1.165) is 18.1 Å². The van der Waals surface area contributed by atoms with Crippen LogP contribution in [-0.2, 0) is 0 Å². The van der Waals surface area contributed by atoms with Crippen molar-refractivity contribution in [3.63, 3.8) is 0 Å². The maximum absolute atomic E-state index is 5.77. The number of anilines is 2. The molecule has 1 aliphatic rings. The van der Waals surface area contributed by atoms with Gasteiger partial charge in [-0.15, -0.1) is 0 Å². The number of nitrogens with two attached hydrogens (primary N) is 1. The summed E-state index contributed by atoms with van der Waals surface area (Å²) < 4.78 is 0. The third-order valence-corrected chi connectivity index (χ3v) is 3.55. The van der Waals surface area contributed by atoms with E-state index in [0.29, 0.717) is 12.0 Å². The highest BCUT2D eigenvalue weighted by atomic mass is 15.2. The lowest BCUT2D eigenvalue weighted by atomic mass is 10.2. The summed E-state index contributed by atoms with van der Waals surface area (Å²) in [5.41, 5.74) is 7.90. The Morgan fingerprint density at radius 2 is 2.00 bits per heavy atom. The van der Waals surface area contributed by atoms with Gasteiger partial charge in [-0.05, 0) is 25.3 Å². The van der Waals surface area contributed by atoms with Crippen LogP contribution in [0.1, 0.15) is 24.1 Å². The van der Waals surface area contributed by atoms with Gasteiger partial charge in [-0.25, -0.2) is 4.98 Å². The van der Waals surface area contributed by atoms with Crippen LogP contribution in [0.2, 0.25) is 0 Å². The average molecular weight is 280 g/mol. The van der Waals surface area contributed by atoms with E-state index in [1.807, 2.05) is 31.2 Å². The summed E-state index contributed by atoms with van der Waals surface area (Å²) in [5, 5.41) is 0. The predicted molar refractivity (Wildman–Crippen MR) is 87.0 cm³/mol. The van der Waals surface area contributed by atoms with Crippen molar-refractivity contribution < 1.29 is 0 Å². The predicted octanol–water partition coefficient (Wildman–Crippen LogP) is 3.05. The number of hydrogen-bond acceptors (Lipinski definition) is 4. The normalized spacial score (nSPS) is 14.5. The van der Waals surface area contributed by atoms with E-state index in [1.165, 1.54) is 18.4 Å². The third kappa shape index (κ3) is 3.60. The topological polar surface area (TPSA) is 55.0 Å². The van der Waals surface area contributed by atoms with E-state index >= 15 is 0 Å². The molecule has 0 unspecified atom stereocenters. The Bertz CT molecular complexity index is 612. The summed E-state index contributed by atoms with van der Waals surface area (Å²) in [6.45, 7) is 2.79. The first-order valence-corrected chi connectivity index (χ1v) is 7.32. The molecule has 1 aliphatic carbocycles. The maximum Gasteiger partial charge on any atom is 0.222 e. The average Bonchev–Trinajstić information content (AvgIpc) is 3.28. The molecule has 0 bridgehead atoms. The van der Waals surface area contributed by atoms with Crippen LogP contribution in [-0.4, -0.2) is 22.6 Å². The molecule has 4 nitrogen and oxygen atoms in total. The van der Waals surface area contributed by atoms with Gasteiger partial charge < -0.3 is 10.6 Å². The summed E-state index contributed by atoms with van der Waals surface area (Å²) in [6, 6.07) is 12.9. The van der Waals surface area contributed by atoms with Crippen molar-refractivity contribution in [1.29, 1.82) is 0 Å². The van der Waals surface area contributed by atoms with Crippen molar-refractivity contribution in [2.75, 3.05) is 17.2 Å². The summed E-state index contributed by atoms with van der Waals surface area (Å²) in [7, 11) is 0. The molecule has 0 radical (unpaired) electrons. The molecular formula is C17H20N4. The van der Waals surface area contributed by atoms with Gasteiger partial charge in [-0.2, -0.15) is 4.98 Å². The molecule has 1 heterocycles. The molecule has 0 atom stereocenters. The number of aryl methyl sites for hydroxylation is 1. The molecule has 21 heavy (non-hydrogen) atoms. The van der Waals surface area contributed by atoms with Gasteiger partial charge in [0.05, 0.1) is 0 Å². The lowest BCUT2D eigenvalue weighted by molar-refractivity contribution is 0.836. The fraction of sp³-hybridized carbons (Fsp3) is 0.294. The van der Waals surface area contributed by atoms with E-state index in [-0.39, 0.29) is 0 Å². The number of nitrogen functional groups attached to an aromatic ring is 1. The Balaban J connectivity index is 1.75. The van der Waals surface area contributed by atoms with E-state index in [1.54, 1.807) is 0 Å². The van der Waals surface area contributed by atoms with Crippen LogP contribution >= 0.6 is 0 Å². The molecule has 1 aromatic carbocycles. The fourth-order valence-electron chi connectivity index (χ4n) is 2.40. The molecule has 0 saturated heterocycles. The quantitative estimate of drug-likeness (QED) is 0.914. The monoisotopic (exact) mass is 280 g/mol.